The minimum Gasteiger partial charge on any atom is -0.316 e. The molecule has 0 spiro atoms. The Hall–Kier alpha value is -2.87. The Morgan fingerprint density at radius 1 is 0.682 bits per heavy atom. The van der Waals surface area contributed by atoms with Gasteiger partial charge in [0.25, 0.3) is 0 Å². The second-order valence-corrected chi connectivity index (χ2v) is 5.27. The Labute approximate surface area is 127 Å². The van der Waals surface area contributed by atoms with Crippen LogP contribution in [0.5, 0.6) is 0 Å². The fourth-order valence-electron chi connectivity index (χ4n) is 2.85. The molecule has 2 heteroatoms. The number of hydrogen-bond acceptors (Lipinski definition) is 0. The van der Waals surface area contributed by atoms with Gasteiger partial charge in [0.05, 0.1) is 11.0 Å². The summed E-state index contributed by atoms with van der Waals surface area (Å²) in [4.78, 5) is 0. The van der Waals surface area contributed by atoms with Gasteiger partial charge in [-0.15, -0.1) is 0 Å². The summed E-state index contributed by atoms with van der Waals surface area (Å²) in [7, 11) is 0. The normalized spacial score (nSPS) is 11.7. The van der Waals surface area contributed by atoms with Gasteiger partial charge in [0, 0.05) is 17.0 Å². The highest BCUT2D eigenvalue weighted by atomic mass is 19.1. The van der Waals surface area contributed by atoms with Crippen LogP contribution in [0.15, 0.2) is 72.8 Å². The van der Waals surface area contributed by atoms with E-state index in [1.165, 1.54) is 33.9 Å². The second kappa shape index (κ2) is 5.15. The van der Waals surface area contributed by atoms with Crippen molar-refractivity contribution in [2.75, 3.05) is 0 Å². The number of aromatic nitrogens is 1. The van der Waals surface area contributed by atoms with Crippen LogP contribution in [0.25, 0.3) is 34.1 Å². The largest absolute Gasteiger partial charge is 0.316 e. The molecule has 0 aliphatic carbocycles. The van der Waals surface area contributed by atoms with E-state index < -0.39 is 0 Å². The van der Waals surface area contributed by atoms with Crippen LogP contribution in [0.3, 0.4) is 0 Å². The molecule has 1 nitrogen and oxygen atoms in total. The number of fused-ring (bicyclic) bond motifs is 3. The topological polar surface area (TPSA) is 4.93 Å². The lowest BCUT2D eigenvalue weighted by atomic mass is 10.2. The maximum absolute atomic E-state index is 13.0. The lowest BCUT2D eigenvalue weighted by Crippen LogP contribution is -1.85. The van der Waals surface area contributed by atoms with Gasteiger partial charge in [-0.05, 0) is 35.9 Å². The van der Waals surface area contributed by atoms with Crippen molar-refractivity contribution >= 4 is 34.1 Å². The lowest BCUT2D eigenvalue weighted by molar-refractivity contribution is 0.628. The molecule has 22 heavy (non-hydrogen) atoms. The van der Waals surface area contributed by atoms with Gasteiger partial charge in [0.15, 0.2) is 0 Å². The molecular formula is C20H14FN. The summed E-state index contributed by atoms with van der Waals surface area (Å²) in [6, 6.07) is 23.2. The summed E-state index contributed by atoms with van der Waals surface area (Å²) in [6.45, 7) is 0. The van der Waals surface area contributed by atoms with E-state index in [9.17, 15) is 4.39 Å². The Morgan fingerprint density at radius 3 is 1.82 bits per heavy atom. The van der Waals surface area contributed by atoms with E-state index in [0.717, 1.165) is 5.56 Å². The van der Waals surface area contributed by atoms with Gasteiger partial charge in [0.1, 0.15) is 5.82 Å². The fraction of sp³-hybridized carbons (Fsp3) is 0. The SMILES string of the molecule is Fc1ccc(C=Cn2c3ccccc3c3ccccc32)cc1. The van der Waals surface area contributed by atoms with E-state index >= 15 is 0 Å². The fourth-order valence-corrected chi connectivity index (χ4v) is 2.85. The number of hydrogen-bond donors (Lipinski definition) is 0. The molecule has 0 fully saturated rings. The third-order valence-electron chi connectivity index (χ3n) is 3.90. The number of rotatable bonds is 2. The molecule has 0 saturated heterocycles. The van der Waals surface area contributed by atoms with Crippen LogP contribution in [0.1, 0.15) is 5.56 Å². The molecule has 4 rings (SSSR count). The highest BCUT2D eigenvalue weighted by Crippen LogP contribution is 2.29. The minimum atomic E-state index is -0.214. The first-order valence-corrected chi connectivity index (χ1v) is 7.24. The smallest absolute Gasteiger partial charge is 0.123 e. The van der Waals surface area contributed by atoms with Gasteiger partial charge in [-0.3, -0.25) is 0 Å². The zero-order chi connectivity index (χ0) is 14.9. The van der Waals surface area contributed by atoms with Crippen LogP contribution < -0.4 is 0 Å². The Kier molecular flexibility index (Phi) is 3.01. The van der Waals surface area contributed by atoms with Crippen molar-refractivity contribution in [2.24, 2.45) is 0 Å². The molecule has 0 saturated carbocycles. The van der Waals surface area contributed by atoms with Crippen LogP contribution in [-0.2, 0) is 0 Å². The maximum Gasteiger partial charge on any atom is 0.123 e. The molecule has 0 aliphatic rings. The average molecular weight is 287 g/mol. The summed E-state index contributed by atoms with van der Waals surface area (Å²) in [5, 5.41) is 2.48. The molecule has 1 heterocycles. The van der Waals surface area contributed by atoms with Gasteiger partial charge in [0.2, 0.25) is 0 Å². The first-order valence-electron chi connectivity index (χ1n) is 7.24. The molecule has 3 aromatic carbocycles. The van der Waals surface area contributed by atoms with Crippen LogP contribution >= 0.6 is 0 Å². The zero-order valence-corrected chi connectivity index (χ0v) is 11.9. The third kappa shape index (κ3) is 2.09. The highest BCUT2D eigenvalue weighted by Gasteiger charge is 2.07. The van der Waals surface area contributed by atoms with Gasteiger partial charge >= 0.3 is 0 Å². The van der Waals surface area contributed by atoms with Crippen LogP contribution in [0.2, 0.25) is 0 Å². The maximum atomic E-state index is 13.0. The van der Waals surface area contributed by atoms with E-state index in [0.29, 0.717) is 0 Å². The molecule has 0 bridgehead atoms. The average Bonchev–Trinajstić information content (AvgIpc) is 2.89. The van der Waals surface area contributed by atoms with E-state index in [1.54, 1.807) is 12.1 Å². The van der Waals surface area contributed by atoms with Crippen molar-refractivity contribution < 1.29 is 4.39 Å². The first kappa shape index (κ1) is 12.8. The molecule has 106 valence electrons. The number of halogens is 1. The molecule has 0 unspecified atom stereocenters. The molecule has 0 atom stereocenters. The molecule has 0 aliphatic heterocycles. The first-order chi connectivity index (χ1) is 10.8. The molecule has 4 aromatic rings. The van der Waals surface area contributed by atoms with Crippen LogP contribution in [0, 0.1) is 5.82 Å². The van der Waals surface area contributed by atoms with Crippen LogP contribution in [-0.4, -0.2) is 4.57 Å². The minimum absolute atomic E-state index is 0.214. The Balaban J connectivity index is 1.91. The van der Waals surface area contributed by atoms with Crippen molar-refractivity contribution in [3.63, 3.8) is 0 Å². The lowest BCUT2D eigenvalue weighted by Gasteiger charge is -2.00. The van der Waals surface area contributed by atoms with E-state index in [1.807, 2.05) is 24.4 Å². The monoisotopic (exact) mass is 287 g/mol. The van der Waals surface area contributed by atoms with E-state index in [-0.39, 0.29) is 5.82 Å². The summed E-state index contributed by atoms with van der Waals surface area (Å²) in [5.41, 5.74) is 3.31. The third-order valence-corrected chi connectivity index (χ3v) is 3.90. The molecule has 0 amide bonds. The van der Waals surface area contributed by atoms with Gasteiger partial charge in [-0.1, -0.05) is 48.5 Å². The quantitative estimate of drug-likeness (QED) is 0.455. The van der Waals surface area contributed by atoms with Gasteiger partial charge in [-0.25, -0.2) is 4.39 Å². The molecular weight excluding hydrogens is 273 g/mol. The van der Waals surface area contributed by atoms with Gasteiger partial charge in [-0.2, -0.15) is 0 Å². The standard InChI is InChI=1S/C20H14FN/c21-16-11-9-15(10-12-16)13-14-22-19-7-3-1-5-17(19)18-6-2-4-8-20(18)22/h1-14H. The summed E-state index contributed by atoms with van der Waals surface area (Å²) in [5.74, 6) is -0.214. The van der Waals surface area contributed by atoms with Crippen molar-refractivity contribution in [2.45, 2.75) is 0 Å². The van der Waals surface area contributed by atoms with Crippen molar-refractivity contribution in [1.29, 1.82) is 0 Å². The second-order valence-electron chi connectivity index (χ2n) is 5.27. The summed E-state index contributed by atoms with van der Waals surface area (Å²) < 4.78 is 15.2. The Bertz CT molecular complexity index is 924. The van der Waals surface area contributed by atoms with Crippen molar-refractivity contribution in [3.05, 3.63) is 84.2 Å². The van der Waals surface area contributed by atoms with E-state index in [4.69, 9.17) is 0 Å². The zero-order valence-electron chi connectivity index (χ0n) is 11.9. The molecule has 1 aromatic heterocycles. The van der Waals surface area contributed by atoms with Crippen molar-refractivity contribution in [3.8, 4) is 0 Å². The predicted octanol–water partition coefficient (Wildman–Crippen LogP) is 5.56. The molecule has 0 N–H and O–H groups in total. The Morgan fingerprint density at radius 2 is 1.23 bits per heavy atom. The highest BCUT2D eigenvalue weighted by molar-refractivity contribution is 6.09. The molecule has 0 radical (unpaired) electrons. The summed E-state index contributed by atoms with van der Waals surface area (Å²) in [6.07, 6.45) is 4.04. The predicted molar refractivity (Wildman–Crippen MR) is 91.1 cm³/mol. The van der Waals surface area contributed by atoms with Crippen molar-refractivity contribution in [1.82, 2.24) is 4.57 Å². The van der Waals surface area contributed by atoms with Crippen LogP contribution in [0.4, 0.5) is 4.39 Å². The number of benzene rings is 3. The van der Waals surface area contributed by atoms with E-state index in [2.05, 4.69) is 41.0 Å². The van der Waals surface area contributed by atoms with Gasteiger partial charge < -0.3 is 4.57 Å². The number of para-hydroxylation sites is 2. The number of nitrogens with zero attached hydrogens (tertiary/aromatic N) is 1. The summed E-state index contributed by atoms with van der Waals surface area (Å²) >= 11 is 0.